The molecule has 0 unspecified atom stereocenters. The number of aryl methyl sites for hydroxylation is 1. The first kappa shape index (κ1) is 20.2. The summed E-state index contributed by atoms with van der Waals surface area (Å²) in [6.45, 7) is 1.61. The van der Waals surface area contributed by atoms with Crippen LogP contribution in [0.5, 0.6) is 0 Å². The molecule has 2 N–H and O–H groups in total. The molecule has 3 aromatic carbocycles. The highest BCUT2D eigenvalue weighted by Crippen LogP contribution is 2.39. The van der Waals surface area contributed by atoms with Crippen LogP contribution in [-0.2, 0) is 0 Å². The molecule has 0 aliphatic rings. The van der Waals surface area contributed by atoms with Crippen LogP contribution in [0.4, 0.5) is 5.69 Å². The Balaban J connectivity index is 2.01. The summed E-state index contributed by atoms with van der Waals surface area (Å²) in [4.78, 5) is 24.0. The van der Waals surface area contributed by atoms with Crippen LogP contribution in [0, 0.1) is 6.92 Å². The van der Waals surface area contributed by atoms with Crippen molar-refractivity contribution in [2.24, 2.45) is 0 Å². The summed E-state index contributed by atoms with van der Waals surface area (Å²) in [5.74, 6) is -1.66. The number of carboxylic acids is 1. The number of benzene rings is 3. The Kier molecular flexibility index (Phi) is 5.94. The van der Waals surface area contributed by atoms with E-state index >= 15 is 0 Å². The molecule has 0 radical (unpaired) electrons. The van der Waals surface area contributed by atoms with Crippen LogP contribution in [0.2, 0.25) is 15.1 Å². The van der Waals surface area contributed by atoms with Gasteiger partial charge in [0.15, 0.2) is 0 Å². The largest absolute Gasteiger partial charge is 0.478 e. The van der Waals surface area contributed by atoms with Gasteiger partial charge in [-0.3, -0.25) is 4.79 Å². The topological polar surface area (TPSA) is 66.4 Å². The molecular weight excluding hydrogens is 421 g/mol. The summed E-state index contributed by atoms with van der Waals surface area (Å²) in [5, 5.41) is 12.4. The molecule has 0 saturated heterocycles. The van der Waals surface area contributed by atoms with Crippen molar-refractivity contribution in [1.29, 1.82) is 0 Å². The summed E-state index contributed by atoms with van der Waals surface area (Å²) in [5.41, 5.74) is 2.43. The highest BCUT2D eigenvalue weighted by molar-refractivity contribution is 6.42. The Bertz CT molecular complexity index is 1060. The van der Waals surface area contributed by atoms with Crippen LogP contribution in [0.1, 0.15) is 26.3 Å². The maximum Gasteiger partial charge on any atom is 0.335 e. The molecule has 0 fully saturated rings. The molecule has 142 valence electrons. The molecule has 0 bridgehead atoms. The van der Waals surface area contributed by atoms with E-state index in [1.807, 2.05) is 30.3 Å². The smallest absolute Gasteiger partial charge is 0.335 e. The lowest BCUT2D eigenvalue weighted by Crippen LogP contribution is -2.15. The molecule has 3 aromatic rings. The predicted octanol–water partition coefficient (Wildman–Crippen LogP) is 6.57. The lowest BCUT2D eigenvalue weighted by atomic mass is 10.0. The first-order valence-electron chi connectivity index (χ1n) is 8.17. The maximum atomic E-state index is 12.8. The van der Waals surface area contributed by atoms with Gasteiger partial charge >= 0.3 is 5.97 Å². The van der Waals surface area contributed by atoms with Crippen LogP contribution in [0.25, 0.3) is 11.1 Å². The van der Waals surface area contributed by atoms with Crippen LogP contribution >= 0.6 is 34.8 Å². The van der Waals surface area contributed by atoms with E-state index in [1.54, 1.807) is 19.1 Å². The van der Waals surface area contributed by atoms with E-state index in [-0.39, 0.29) is 26.9 Å². The van der Waals surface area contributed by atoms with E-state index in [0.29, 0.717) is 16.1 Å². The molecule has 0 aliphatic carbocycles. The third-order valence-electron chi connectivity index (χ3n) is 4.18. The summed E-state index contributed by atoms with van der Waals surface area (Å²) in [6, 6.07) is 15.5. The van der Waals surface area contributed by atoms with E-state index in [4.69, 9.17) is 39.9 Å². The zero-order chi connectivity index (χ0) is 20.4. The molecule has 28 heavy (non-hydrogen) atoms. The van der Waals surface area contributed by atoms with Crippen molar-refractivity contribution in [2.75, 3.05) is 5.32 Å². The van der Waals surface area contributed by atoms with Crippen molar-refractivity contribution in [3.05, 3.63) is 86.4 Å². The predicted molar refractivity (Wildman–Crippen MR) is 113 cm³/mol. The molecule has 1 amide bonds. The van der Waals surface area contributed by atoms with Gasteiger partial charge in [0.25, 0.3) is 5.91 Å². The molecular formula is C21H14Cl3NO3. The number of hydrogen-bond acceptors (Lipinski definition) is 2. The van der Waals surface area contributed by atoms with Crippen molar-refractivity contribution in [1.82, 2.24) is 0 Å². The van der Waals surface area contributed by atoms with Crippen molar-refractivity contribution in [3.8, 4) is 11.1 Å². The van der Waals surface area contributed by atoms with Gasteiger partial charge in [-0.2, -0.15) is 0 Å². The third kappa shape index (κ3) is 3.99. The van der Waals surface area contributed by atoms with Gasteiger partial charge in [-0.25, -0.2) is 4.79 Å². The van der Waals surface area contributed by atoms with Gasteiger partial charge in [0, 0.05) is 5.56 Å². The minimum atomic E-state index is -1.13. The molecule has 0 aliphatic heterocycles. The fourth-order valence-electron chi connectivity index (χ4n) is 2.84. The Labute approximate surface area is 176 Å². The minimum Gasteiger partial charge on any atom is -0.478 e. The zero-order valence-corrected chi connectivity index (χ0v) is 16.9. The van der Waals surface area contributed by atoms with Crippen molar-refractivity contribution in [2.45, 2.75) is 6.92 Å². The van der Waals surface area contributed by atoms with E-state index in [2.05, 4.69) is 5.32 Å². The second kappa shape index (κ2) is 8.23. The van der Waals surface area contributed by atoms with Crippen molar-refractivity contribution in [3.63, 3.8) is 0 Å². The van der Waals surface area contributed by atoms with E-state index in [1.165, 1.54) is 12.1 Å². The lowest BCUT2D eigenvalue weighted by molar-refractivity contribution is 0.0696. The summed E-state index contributed by atoms with van der Waals surface area (Å²) in [7, 11) is 0. The van der Waals surface area contributed by atoms with Gasteiger partial charge in [-0.15, -0.1) is 0 Å². The van der Waals surface area contributed by atoms with E-state index in [9.17, 15) is 9.59 Å². The Morgan fingerprint density at radius 3 is 2.21 bits per heavy atom. The average molecular weight is 435 g/mol. The molecule has 3 rings (SSSR count). The van der Waals surface area contributed by atoms with Crippen LogP contribution in [0.3, 0.4) is 0 Å². The molecule has 4 nitrogen and oxygen atoms in total. The van der Waals surface area contributed by atoms with Crippen molar-refractivity contribution >= 4 is 52.4 Å². The minimum absolute atomic E-state index is 0.00110. The molecule has 7 heteroatoms. The number of aromatic carboxylic acids is 1. The first-order chi connectivity index (χ1) is 13.3. The van der Waals surface area contributed by atoms with Crippen LogP contribution < -0.4 is 5.32 Å². The number of anilines is 1. The van der Waals surface area contributed by atoms with Crippen LogP contribution in [-0.4, -0.2) is 17.0 Å². The number of carbonyl (C=O) groups excluding carboxylic acids is 1. The second-order valence-corrected chi connectivity index (χ2v) is 7.25. The standard InChI is InChI=1S/C21H14Cl3NO3/c1-11-9-13(21(27)28)10-16(23)17(11)20(26)25-19-15(22)8-7-14(18(19)24)12-5-3-2-4-6-12/h2-10H,1H3,(H,25,26)(H,27,28). The Morgan fingerprint density at radius 2 is 1.61 bits per heavy atom. The average Bonchev–Trinajstić information content (AvgIpc) is 2.65. The number of hydrogen-bond donors (Lipinski definition) is 2. The maximum absolute atomic E-state index is 12.8. The first-order valence-corrected chi connectivity index (χ1v) is 9.31. The number of carboxylic acid groups (broad SMARTS) is 1. The molecule has 0 saturated carbocycles. The monoisotopic (exact) mass is 433 g/mol. The van der Waals surface area contributed by atoms with Gasteiger partial charge in [0.05, 0.1) is 31.9 Å². The highest BCUT2D eigenvalue weighted by Gasteiger charge is 2.20. The molecule has 0 atom stereocenters. The molecule has 0 spiro atoms. The normalized spacial score (nSPS) is 10.6. The van der Waals surface area contributed by atoms with Gasteiger partial charge < -0.3 is 10.4 Å². The lowest BCUT2D eigenvalue weighted by Gasteiger charge is -2.15. The Hall–Kier alpha value is -2.53. The fraction of sp³-hybridized carbons (Fsp3) is 0.0476. The van der Waals surface area contributed by atoms with Crippen molar-refractivity contribution < 1.29 is 14.7 Å². The highest BCUT2D eigenvalue weighted by atomic mass is 35.5. The number of halogens is 3. The van der Waals surface area contributed by atoms with Gasteiger partial charge in [0.1, 0.15) is 0 Å². The molecule has 0 aromatic heterocycles. The SMILES string of the molecule is Cc1cc(C(=O)O)cc(Cl)c1C(=O)Nc1c(Cl)ccc(-c2ccccc2)c1Cl. The van der Waals surface area contributed by atoms with Gasteiger partial charge in [0.2, 0.25) is 0 Å². The quantitative estimate of drug-likeness (QED) is 0.488. The number of rotatable bonds is 4. The second-order valence-electron chi connectivity index (χ2n) is 6.06. The summed E-state index contributed by atoms with van der Waals surface area (Å²) >= 11 is 18.9. The van der Waals surface area contributed by atoms with E-state index in [0.717, 1.165) is 5.56 Å². The zero-order valence-electron chi connectivity index (χ0n) is 14.6. The number of amides is 1. The Morgan fingerprint density at radius 1 is 0.929 bits per heavy atom. The fourth-order valence-corrected chi connectivity index (χ4v) is 3.77. The molecule has 0 heterocycles. The summed E-state index contributed by atoms with van der Waals surface area (Å²) < 4.78 is 0. The third-order valence-corrected chi connectivity index (χ3v) is 5.18. The van der Waals surface area contributed by atoms with Gasteiger partial charge in [-0.1, -0.05) is 71.2 Å². The summed E-state index contributed by atoms with van der Waals surface area (Å²) in [6.07, 6.45) is 0. The number of nitrogens with one attached hydrogen (secondary N) is 1. The van der Waals surface area contributed by atoms with Gasteiger partial charge in [-0.05, 0) is 36.2 Å². The number of carbonyl (C=O) groups is 2. The van der Waals surface area contributed by atoms with Crippen LogP contribution in [0.15, 0.2) is 54.6 Å². The van der Waals surface area contributed by atoms with E-state index < -0.39 is 11.9 Å².